The minimum absolute atomic E-state index is 0.233. The molecule has 0 amide bonds. The normalized spacial score (nSPS) is 11.4. The second kappa shape index (κ2) is 6.98. The van der Waals surface area contributed by atoms with E-state index < -0.39 is 22.7 Å². The number of ketones is 1. The van der Waals surface area contributed by atoms with E-state index in [-0.39, 0.29) is 5.58 Å². The highest BCUT2D eigenvalue weighted by atomic mass is 35.5. The van der Waals surface area contributed by atoms with Gasteiger partial charge in [0.25, 0.3) is 0 Å². The molecule has 0 spiro atoms. The van der Waals surface area contributed by atoms with Gasteiger partial charge in [-0.15, -0.1) is 0 Å². The molecule has 0 aliphatic carbocycles. The van der Waals surface area contributed by atoms with Crippen LogP contribution in [0, 0.1) is 13.8 Å². The molecule has 4 nitrogen and oxygen atoms in total. The van der Waals surface area contributed by atoms with Crippen LogP contribution in [0.1, 0.15) is 27.0 Å². The Hall–Kier alpha value is -2.56. The SMILES string of the molecule is Cc1cc2oc(=O)c(C(=O)/C=C/c3ccc(Cl)cc3Cl)c(O)c2cc1C. The number of carbonyl (C=O) groups excluding carboxylic acids is 1. The largest absolute Gasteiger partial charge is 0.506 e. The Morgan fingerprint density at radius 2 is 1.81 bits per heavy atom. The molecule has 0 saturated carbocycles. The van der Waals surface area contributed by atoms with Crippen molar-refractivity contribution in [3.8, 4) is 5.75 Å². The van der Waals surface area contributed by atoms with Crippen LogP contribution in [0.5, 0.6) is 5.75 Å². The van der Waals surface area contributed by atoms with Crippen LogP contribution in [0.25, 0.3) is 17.0 Å². The molecule has 0 aliphatic heterocycles. The second-order valence-corrected chi connectivity index (χ2v) is 6.75. The molecular formula is C20H14Cl2O4. The van der Waals surface area contributed by atoms with Crippen LogP contribution in [0.2, 0.25) is 10.0 Å². The molecule has 1 N–H and O–H groups in total. The van der Waals surface area contributed by atoms with E-state index in [1.54, 1.807) is 30.3 Å². The predicted molar refractivity (Wildman–Crippen MR) is 103 cm³/mol. The highest BCUT2D eigenvalue weighted by Crippen LogP contribution is 2.29. The Morgan fingerprint density at radius 3 is 2.50 bits per heavy atom. The van der Waals surface area contributed by atoms with Gasteiger partial charge >= 0.3 is 5.63 Å². The van der Waals surface area contributed by atoms with Crippen LogP contribution < -0.4 is 5.63 Å². The summed E-state index contributed by atoms with van der Waals surface area (Å²) in [5, 5.41) is 11.6. The minimum Gasteiger partial charge on any atom is -0.506 e. The zero-order chi connectivity index (χ0) is 19.0. The van der Waals surface area contributed by atoms with Crippen molar-refractivity contribution in [1.82, 2.24) is 0 Å². The highest BCUT2D eigenvalue weighted by molar-refractivity contribution is 6.35. The molecule has 1 heterocycles. The fourth-order valence-corrected chi connectivity index (χ4v) is 3.02. The number of hydrogen-bond donors (Lipinski definition) is 1. The quantitative estimate of drug-likeness (QED) is 0.374. The molecule has 0 atom stereocenters. The van der Waals surface area contributed by atoms with Crippen molar-refractivity contribution in [3.05, 3.63) is 79.1 Å². The number of fused-ring (bicyclic) bond motifs is 1. The van der Waals surface area contributed by atoms with Gasteiger partial charge in [-0.3, -0.25) is 4.79 Å². The average Bonchev–Trinajstić information content (AvgIpc) is 2.56. The Morgan fingerprint density at radius 1 is 1.12 bits per heavy atom. The molecule has 3 rings (SSSR count). The third kappa shape index (κ3) is 3.39. The van der Waals surface area contributed by atoms with Crippen molar-refractivity contribution in [2.75, 3.05) is 0 Å². The van der Waals surface area contributed by atoms with Gasteiger partial charge in [0, 0.05) is 10.0 Å². The average molecular weight is 389 g/mol. The number of halogens is 2. The molecule has 0 radical (unpaired) electrons. The summed E-state index contributed by atoms with van der Waals surface area (Å²) in [6.45, 7) is 3.73. The summed E-state index contributed by atoms with van der Waals surface area (Å²) in [5.74, 6) is -1.07. The number of aryl methyl sites for hydroxylation is 2. The van der Waals surface area contributed by atoms with Gasteiger partial charge in [0.15, 0.2) is 5.78 Å². The lowest BCUT2D eigenvalue weighted by atomic mass is 10.0. The van der Waals surface area contributed by atoms with Crippen LogP contribution in [0.15, 0.2) is 45.6 Å². The Balaban J connectivity index is 2.07. The van der Waals surface area contributed by atoms with Gasteiger partial charge in [-0.05, 0) is 67.0 Å². The first-order chi connectivity index (χ1) is 12.3. The lowest BCUT2D eigenvalue weighted by molar-refractivity contribution is 0.104. The van der Waals surface area contributed by atoms with E-state index in [9.17, 15) is 14.7 Å². The highest BCUT2D eigenvalue weighted by Gasteiger charge is 2.19. The maximum absolute atomic E-state index is 12.5. The number of allylic oxidation sites excluding steroid dienone is 1. The van der Waals surface area contributed by atoms with Gasteiger partial charge in [-0.25, -0.2) is 4.79 Å². The van der Waals surface area contributed by atoms with Crippen molar-refractivity contribution < 1.29 is 14.3 Å². The van der Waals surface area contributed by atoms with E-state index in [2.05, 4.69) is 0 Å². The van der Waals surface area contributed by atoms with E-state index >= 15 is 0 Å². The zero-order valence-corrected chi connectivity index (χ0v) is 15.5. The standard InChI is InChI=1S/C20H14Cl2O4/c1-10-7-14-17(8-11(10)2)26-20(25)18(19(14)24)16(23)6-4-12-3-5-13(21)9-15(12)22/h3-9,24H,1-2H3/b6-4+. The summed E-state index contributed by atoms with van der Waals surface area (Å²) in [4.78, 5) is 24.6. The summed E-state index contributed by atoms with van der Waals surface area (Å²) in [7, 11) is 0. The van der Waals surface area contributed by atoms with Crippen molar-refractivity contribution in [3.63, 3.8) is 0 Å². The van der Waals surface area contributed by atoms with Gasteiger partial charge in [0.05, 0.1) is 5.39 Å². The second-order valence-electron chi connectivity index (χ2n) is 5.91. The van der Waals surface area contributed by atoms with Crippen LogP contribution >= 0.6 is 23.2 Å². The first-order valence-corrected chi connectivity index (χ1v) is 8.48. The van der Waals surface area contributed by atoms with Gasteiger partial charge in [-0.1, -0.05) is 29.3 Å². The minimum atomic E-state index is -0.893. The zero-order valence-electron chi connectivity index (χ0n) is 14.0. The van der Waals surface area contributed by atoms with E-state index in [1.807, 2.05) is 13.8 Å². The fourth-order valence-electron chi connectivity index (χ4n) is 2.54. The Kier molecular flexibility index (Phi) is 4.90. The van der Waals surface area contributed by atoms with E-state index in [0.29, 0.717) is 21.0 Å². The lowest BCUT2D eigenvalue weighted by Crippen LogP contribution is -2.13. The van der Waals surface area contributed by atoms with Crippen LogP contribution in [-0.2, 0) is 0 Å². The third-order valence-corrected chi connectivity index (χ3v) is 4.68. The van der Waals surface area contributed by atoms with Gasteiger partial charge < -0.3 is 9.52 Å². The molecule has 0 unspecified atom stereocenters. The number of rotatable bonds is 3. The van der Waals surface area contributed by atoms with Gasteiger partial charge in [0.2, 0.25) is 0 Å². The number of carbonyl (C=O) groups is 1. The number of hydrogen-bond acceptors (Lipinski definition) is 4. The Bertz CT molecular complexity index is 1130. The van der Waals surface area contributed by atoms with E-state index in [1.165, 1.54) is 6.08 Å². The molecule has 26 heavy (non-hydrogen) atoms. The first kappa shape index (κ1) is 18.2. The van der Waals surface area contributed by atoms with Gasteiger partial charge in [-0.2, -0.15) is 0 Å². The summed E-state index contributed by atoms with van der Waals surface area (Å²) in [5.41, 5.74) is 1.30. The van der Waals surface area contributed by atoms with Crippen molar-refractivity contribution >= 4 is 46.0 Å². The smallest absolute Gasteiger partial charge is 0.351 e. The predicted octanol–water partition coefficient (Wildman–Crippen LogP) is 5.32. The molecule has 6 heteroatoms. The third-order valence-electron chi connectivity index (χ3n) is 4.12. The van der Waals surface area contributed by atoms with E-state index in [4.69, 9.17) is 27.6 Å². The molecule has 0 saturated heterocycles. The molecule has 0 aliphatic rings. The molecule has 1 aromatic heterocycles. The number of aromatic hydroxyl groups is 1. The van der Waals surface area contributed by atoms with Crippen molar-refractivity contribution in [2.45, 2.75) is 13.8 Å². The molecule has 0 fully saturated rings. The Labute approximate surface area is 159 Å². The number of benzene rings is 2. The van der Waals surface area contributed by atoms with Crippen LogP contribution in [0.4, 0.5) is 0 Å². The maximum atomic E-state index is 12.5. The maximum Gasteiger partial charge on any atom is 0.351 e. The molecule has 132 valence electrons. The van der Waals surface area contributed by atoms with Crippen LogP contribution in [-0.4, -0.2) is 10.9 Å². The summed E-state index contributed by atoms with van der Waals surface area (Å²) in [6, 6.07) is 8.15. The molecule has 3 aromatic rings. The fraction of sp³-hybridized carbons (Fsp3) is 0.100. The summed E-state index contributed by atoms with van der Waals surface area (Å²) < 4.78 is 5.21. The van der Waals surface area contributed by atoms with Crippen molar-refractivity contribution in [2.24, 2.45) is 0 Å². The van der Waals surface area contributed by atoms with Gasteiger partial charge in [0.1, 0.15) is 16.9 Å². The summed E-state index contributed by atoms with van der Waals surface area (Å²) in [6.07, 6.45) is 2.61. The van der Waals surface area contributed by atoms with Crippen molar-refractivity contribution in [1.29, 1.82) is 0 Å². The molecule has 2 aromatic carbocycles. The monoisotopic (exact) mass is 388 g/mol. The first-order valence-electron chi connectivity index (χ1n) is 7.72. The molecule has 0 bridgehead atoms. The van der Waals surface area contributed by atoms with E-state index in [0.717, 1.165) is 17.2 Å². The topological polar surface area (TPSA) is 67.5 Å². The summed E-state index contributed by atoms with van der Waals surface area (Å²) >= 11 is 11.9. The lowest BCUT2D eigenvalue weighted by Gasteiger charge is -2.07. The molecular weight excluding hydrogens is 375 g/mol. The van der Waals surface area contributed by atoms with Crippen LogP contribution in [0.3, 0.4) is 0 Å².